The van der Waals surface area contributed by atoms with Gasteiger partial charge in [0.1, 0.15) is 0 Å². The molecule has 0 amide bonds. The van der Waals surface area contributed by atoms with Crippen LogP contribution in [0.15, 0.2) is 48.5 Å². The maximum atomic E-state index is 2.46. The number of nitrogens with zero attached hydrogens (tertiary/aromatic N) is 1. The lowest BCUT2D eigenvalue weighted by atomic mass is 10.1. The molecule has 2 aromatic carbocycles. The van der Waals surface area contributed by atoms with Gasteiger partial charge in [0, 0.05) is 17.4 Å². The first-order valence-corrected chi connectivity index (χ1v) is 8.20. The van der Waals surface area contributed by atoms with Gasteiger partial charge < -0.3 is 4.90 Å². The second-order valence-electron chi connectivity index (χ2n) is 4.84. The molecule has 1 heterocycles. The zero-order chi connectivity index (χ0) is 15.8. The molecule has 0 aromatic heterocycles. The molecule has 0 saturated carbocycles. The van der Waals surface area contributed by atoms with E-state index in [1.807, 2.05) is 27.7 Å². The molecule has 22 heavy (non-hydrogen) atoms. The van der Waals surface area contributed by atoms with Gasteiger partial charge in [-0.25, -0.2) is 0 Å². The van der Waals surface area contributed by atoms with Crippen LogP contribution in [0.2, 0.25) is 0 Å². The standard InChI is InChI=1S/C16H17N.2C2H6.CH4/c1-12-7-3-5-9-15(12)17-13(2)11-14-8-4-6-10-16(14)17;2*1-2;/h3-10,13H,11H2,1-2H3;2*1-2H3;1H4/t13-;;;/m0.../s1. The predicted octanol–water partition coefficient (Wildman–Crippen LogP) is 6.77. The Morgan fingerprint density at radius 1 is 0.818 bits per heavy atom. The van der Waals surface area contributed by atoms with Gasteiger partial charge in [-0.1, -0.05) is 71.5 Å². The van der Waals surface area contributed by atoms with Crippen molar-refractivity contribution in [2.45, 2.75) is 61.4 Å². The Bertz CT molecular complexity index is 545. The minimum absolute atomic E-state index is 0. The molecule has 1 nitrogen and oxygen atoms in total. The number of hydrogen-bond donors (Lipinski definition) is 0. The van der Waals surface area contributed by atoms with E-state index in [1.165, 1.54) is 22.5 Å². The molecule has 0 aliphatic carbocycles. The third-order valence-electron chi connectivity index (χ3n) is 3.58. The van der Waals surface area contributed by atoms with Gasteiger partial charge in [-0.15, -0.1) is 0 Å². The first-order valence-electron chi connectivity index (χ1n) is 8.20. The van der Waals surface area contributed by atoms with E-state index in [9.17, 15) is 0 Å². The van der Waals surface area contributed by atoms with Crippen molar-refractivity contribution in [3.05, 3.63) is 59.7 Å². The smallest absolute Gasteiger partial charge is 0.0446 e. The van der Waals surface area contributed by atoms with Crippen molar-refractivity contribution in [2.24, 2.45) is 0 Å². The number of rotatable bonds is 1. The zero-order valence-corrected chi connectivity index (χ0v) is 14.4. The highest BCUT2D eigenvalue weighted by Gasteiger charge is 2.27. The summed E-state index contributed by atoms with van der Waals surface area (Å²) in [5.74, 6) is 0. The van der Waals surface area contributed by atoms with Crippen LogP contribution in [0.3, 0.4) is 0 Å². The fourth-order valence-electron chi connectivity index (χ4n) is 2.77. The van der Waals surface area contributed by atoms with Crippen LogP contribution in [0.25, 0.3) is 0 Å². The summed E-state index contributed by atoms with van der Waals surface area (Å²) in [5.41, 5.74) is 5.51. The maximum absolute atomic E-state index is 2.46. The van der Waals surface area contributed by atoms with Crippen molar-refractivity contribution in [1.82, 2.24) is 0 Å². The molecule has 1 aliphatic rings. The van der Waals surface area contributed by atoms with Crippen LogP contribution in [0.4, 0.5) is 11.4 Å². The van der Waals surface area contributed by atoms with Crippen molar-refractivity contribution < 1.29 is 0 Å². The Morgan fingerprint density at radius 2 is 1.32 bits per heavy atom. The number of benzene rings is 2. The van der Waals surface area contributed by atoms with E-state index in [0.29, 0.717) is 6.04 Å². The summed E-state index contributed by atoms with van der Waals surface area (Å²) in [6.07, 6.45) is 1.14. The Morgan fingerprint density at radius 3 is 1.91 bits per heavy atom. The normalized spacial score (nSPS) is 14.6. The number of hydrogen-bond acceptors (Lipinski definition) is 1. The topological polar surface area (TPSA) is 3.24 Å². The van der Waals surface area contributed by atoms with E-state index in [2.05, 4.69) is 67.3 Å². The van der Waals surface area contributed by atoms with Gasteiger partial charge in [-0.2, -0.15) is 0 Å². The average molecular weight is 300 g/mol. The molecule has 1 aliphatic heterocycles. The van der Waals surface area contributed by atoms with Gasteiger partial charge in [-0.3, -0.25) is 0 Å². The zero-order valence-electron chi connectivity index (χ0n) is 14.4. The molecule has 0 fully saturated rings. The quantitative estimate of drug-likeness (QED) is 0.562. The van der Waals surface area contributed by atoms with Crippen LogP contribution < -0.4 is 4.90 Å². The van der Waals surface area contributed by atoms with Crippen LogP contribution in [0, 0.1) is 6.92 Å². The van der Waals surface area contributed by atoms with Crippen LogP contribution in [0.5, 0.6) is 0 Å². The summed E-state index contributed by atoms with van der Waals surface area (Å²) in [6.45, 7) is 12.5. The van der Waals surface area contributed by atoms with Crippen molar-refractivity contribution in [3.63, 3.8) is 0 Å². The van der Waals surface area contributed by atoms with Crippen LogP contribution in [-0.2, 0) is 6.42 Å². The molecule has 0 saturated heterocycles. The van der Waals surface area contributed by atoms with Gasteiger partial charge in [0.15, 0.2) is 0 Å². The van der Waals surface area contributed by atoms with E-state index >= 15 is 0 Å². The van der Waals surface area contributed by atoms with E-state index in [-0.39, 0.29) is 7.43 Å². The summed E-state index contributed by atoms with van der Waals surface area (Å²) >= 11 is 0. The van der Waals surface area contributed by atoms with Crippen LogP contribution >= 0.6 is 0 Å². The first kappa shape index (κ1) is 20.2. The fraction of sp³-hybridized carbons (Fsp3) is 0.429. The summed E-state index contributed by atoms with van der Waals surface area (Å²) in [7, 11) is 0. The van der Waals surface area contributed by atoms with Crippen molar-refractivity contribution in [3.8, 4) is 0 Å². The molecule has 122 valence electrons. The first-order chi connectivity index (χ1) is 10.3. The van der Waals surface area contributed by atoms with Gasteiger partial charge in [-0.05, 0) is 43.5 Å². The minimum atomic E-state index is 0. The molecule has 3 rings (SSSR count). The van der Waals surface area contributed by atoms with Crippen molar-refractivity contribution >= 4 is 11.4 Å². The lowest BCUT2D eigenvalue weighted by Gasteiger charge is -2.26. The van der Waals surface area contributed by atoms with E-state index in [1.54, 1.807) is 0 Å². The van der Waals surface area contributed by atoms with Crippen LogP contribution in [-0.4, -0.2) is 6.04 Å². The number of aryl methyl sites for hydroxylation is 1. The Hall–Kier alpha value is -1.76. The van der Waals surface area contributed by atoms with E-state index in [0.717, 1.165) is 6.42 Å². The van der Waals surface area contributed by atoms with Gasteiger partial charge in [0.25, 0.3) is 0 Å². The molecule has 2 aromatic rings. The van der Waals surface area contributed by atoms with Crippen molar-refractivity contribution in [2.75, 3.05) is 4.90 Å². The molecule has 0 spiro atoms. The summed E-state index contributed by atoms with van der Waals surface area (Å²) in [6, 6.07) is 17.9. The molecular weight excluding hydrogens is 266 g/mol. The SMILES string of the molecule is C.CC.CC.Cc1ccccc1N1c2ccccc2C[C@@H]1C. The molecule has 1 atom stereocenters. The third kappa shape index (κ3) is 4.13. The largest absolute Gasteiger partial charge is 0.338 e. The minimum Gasteiger partial charge on any atom is -0.338 e. The summed E-state index contributed by atoms with van der Waals surface area (Å²) in [4.78, 5) is 2.46. The predicted molar refractivity (Wildman–Crippen MR) is 102 cm³/mol. The Balaban J connectivity index is 0.000000819. The molecular formula is C21H33N. The van der Waals surface area contributed by atoms with Crippen molar-refractivity contribution in [1.29, 1.82) is 0 Å². The molecule has 0 radical (unpaired) electrons. The fourth-order valence-corrected chi connectivity index (χ4v) is 2.77. The lowest BCUT2D eigenvalue weighted by Crippen LogP contribution is -2.24. The number of anilines is 2. The highest BCUT2D eigenvalue weighted by Crippen LogP contribution is 2.39. The van der Waals surface area contributed by atoms with E-state index in [4.69, 9.17) is 0 Å². The molecule has 0 bridgehead atoms. The molecule has 1 heteroatoms. The highest BCUT2D eigenvalue weighted by molar-refractivity contribution is 5.72. The molecule has 0 unspecified atom stereocenters. The lowest BCUT2D eigenvalue weighted by molar-refractivity contribution is 0.757. The average Bonchev–Trinajstić information content (AvgIpc) is 2.88. The highest BCUT2D eigenvalue weighted by atomic mass is 15.2. The van der Waals surface area contributed by atoms with E-state index < -0.39 is 0 Å². The number of para-hydroxylation sites is 2. The molecule has 0 N–H and O–H groups in total. The second kappa shape index (κ2) is 10.0. The Kier molecular flexibility index (Phi) is 9.24. The summed E-state index contributed by atoms with van der Waals surface area (Å²) < 4.78 is 0. The van der Waals surface area contributed by atoms with Gasteiger partial charge in [0.05, 0.1) is 0 Å². The van der Waals surface area contributed by atoms with Gasteiger partial charge in [0.2, 0.25) is 0 Å². The third-order valence-corrected chi connectivity index (χ3v) is 3.58. The van der Waals surface area contributed by atoms with Gasteiger partial charge >= 0.3 is 0 Å². The maximum Gasteiger partial charge on any atom is 0.0446 e. The second-order valence-corrected chi connectivity index (χ2v) is 4.84. The number of fused-ring (bicyclic) bond motifs is 1. The van der Waals surface area contributed by atoms with Crippen LogP contribution in [0.1, 0.15) is 53.2 Å². The monoisotopic (exact) mass is 299 g/mol. The summed E-state index contributed by atoms with van der Waals surface area (Å²) in [5, 5.41) is 0. The Labute approximate surface area is 138 Å².